The number of hydrogen-bond acceptors (Lipinski definition) is 6. The van der Waals surface area contributed by atoms with Crippen LogP contribution >= 0.6 is 0 Å². The Morgan fingerprint density at radius 3 is 2.33 bits per heavy atom. The molecule has 3 rings (SSSR count). The standard InChI is InChI=1S/C15H19N5O6S/c1-17-12(16)11(14(22)18(2)15(17)23)27(24,25)20-7-5-19(6-8-20)13(21)10-4-3-9-26-10/h3-4,9,11,16H,5-8H2,1-2H3/p+1. The molecule has 1 aromatic rings. The van der Waals surface area contributed by atoms with Crippen LogP contribution in [0.2, 0.25) is 0 Å². The van der Waals surface area contributed by atoms with E-state index in [0.717, 1.165) is 14.1 Å². The second-order valence-electron chi connectivity index (χ2n) is 6.26. The van der Waals surface area contributed by atoms with Gasteiger partial charge in [-0.05, 0) is 12.1 Å². The van der Waals surface area contributed by atoms with Gasteiger partial charge in [0.15, 0.2) is 5.76 Å². The molecular weight excluding hydrogens is 378 g/mol. The maximum absolute atomic E-state index is 13.0. The summed E-state index contributed by atoms with van der Waals surface area (Å²) in [5.74, 6) is -1.39. The second-order valence-corrected chi connectivity index (χ2v) is 8.27. The van der Waals surface area contributed by atoms with E-state index >= 15 is 0 Å². The Kier molecular flexibility index (Phi) is 4.78. The lowest BCUT2D eigenvalue weighted by Gasteiger charge is -2.36. The Labute approximate surface area is 155 Å². The first kappa shape index (κ1) is 19.0. The fourth-order valence-corrected chi connectivity index (χ4v) is 4.89. The molecule has 27 heavy (non-hydrogen) atoms. The number of carbonyl (C=O) groups is 3. The van der Waals surface area contributed by atoms with Crippen molar-refractivity contribution in [3.8, 4) is 0 Å². The summed E-state index contributed by atoms with van der Waals surface area (Å²) in [6.45, 7) is 0.300. The minimum Gasteiger partial charge on any atom is -0.459 e. The third-order valence-corrected chi connectivity index (χ3v) is 6.82. The van der Waals surface area contributed by atoms with E-state index in [1.54, 1.807) is 6.07 Å². The molecule has 0 radical (unpaired) electrons. The number of nitrogens with zero attached hydrogens (tertiary/aromatic N) is 4. The molecule has 2 N–H and O–H groups in total. The van der Waals surface area contributed by atoms with Crippen molar-refractivity contribution in [3.63, 3.8) is 0 Å². The molecule has 1 aromatic heterocycles. The summed E-state index contributed by atoms with van der Waals surface area (Å²) in [5.41, 5.74) is 0. The summed E-state index contributed by atoms with van der Waals surface area (Å²) in [5, 5.41) is 4.12. The molecule has 0 aliphatic carbocycles. The van der Waals surface area contributed by atoms with E-state index in [9.17, 15) is 22.8 Å². The Morgan fingerprint density at radius 1 is 1.15 bits per heavy atom. The van der Waals surface area contributed by atoms with Crippen LogP contribution in [0.5, 0.6) is 0 Å². The van der Waals surface area contributed by atoms with Crippen molar-refractivity contribution >= 4 is 33.7 Å². The Hall–Kier alpha value is -2.73. The average molecular weight is 398 g/mol. The molecule has 0 spiro atoms. The number of hydrogen-bond donors (Lipinski definition) is 1. The Morgan fingerprint density at radius 2 is 1.78 bits per heavy atom. The zero-order valence-electron chi connectivity index (χ0n) is 14.9. The lowest BCUT2D eigenvalue weighted by Crippen LogP contribution is -2.71. The van der Waals surface area contributed by atoms with Crippen LogP contribution in [-0.2, 0) is 14.8 Å². The van der Waals surface area contributed by atoms with Crippen LogP contribution in [0.15, 0.2) is 22.8 Å². The van der Waals surface area contributed by atoms with Crippen molar-refractivity contribution < 1.29 is 32.6 Å². The van der Waals surface area contributed by atoms with Gasteiger partial charge in [0, 0.05) is 33.2 Å². The number of amidine groups is 1. The highest BCUT2D eigenvalue weighted by Crippen LogP contribution is 2.20. The first-order chi connectivity index (χ1) is 12.7. The fourth-order valence-electron chi connectivity index (χ4n) is 3.04. The van der Waals surface area contributed by atoms with E-state index in [1.165, 1.54) is 31.3 Å². The Bertz CT molecular complexity index is 864. The van der Waals surface area contributed by atoms with Crippen molar-refractivity contribution in [2.24, 2.45) is 0 Å². The third-order valence-electron chi connectivity index (χ3n) is 4.70. The third kappa shape index (κ3) is 3.10. The SMILES string of the molecule is CN1C(=[NH2+])C(S(=O)(=O)N2CCN(C(=O)c3ccco3)CC2)C(=O)N(C)C1=O. The van der Waals surface area contributed by atoms with Crippen LogP contribution in [0, 0.1) is 0 Å². The number of amides is 4. The molecule has 146 valence electrons. The highest BCUT2D eigenvalue weighted by Gasteiger charge is 2.54. The van der Waals surface area contributed by atoms with Gasteiger partial charge in [-0.15, -0.1) is 0 Å². The highest BCUT2D eigenvalue weighted by molar-refractivity contribution is 7.91. The van der Waals surface area contributed by atoms with Gasteiger partial charge in [0.25, 0.3) is 22.9 Å². The summed E-state index contributed by atoms with van der Waals surface area (Å²) >= 11 is 0. The van der Waals surface area contributed by atoms with Crippen molar-refractivity contribution in [2.45, 2.75) is 5.25 Å². The molecule has 2 fully saturated rings. The molecule has 2 saturated heterocycles. The first-order valence-corrected chi connectivity index (χ1v) is 9.66. The molecule has 3 heterocycles. The van der Waals surface area contributed by atoms with Gasteiger partial charge in [-0.3, -0.25) is 15.0 Å². The van der Waals surface area contributed by atoms with Gasteiger partial charge in [0.1, 0.15) is 0 Å². The van der Waals surface area contributed by atoms with Gasteiger partial charge in [0.05, 0.1) is 13.3 Å². The van der Waals surface area contributed by atoms with Crippen molar-refractivity contribution in [3.05, 3.63) is 24.2 Å². The normalized spacial score (nSPS) is 22.5. The highest BCUT2D eigenvalue weighted by atomic mass is 32.2. The van der Waals surface area contributed by atoms with E-state index in [0.29, 0.717) is 0 Å². The maximum Gasteiger partial charge on any atom is 0.417 e. The van der Waals surface area contributed by atoms with E-state index in [1.807, 2.05) is 0 Å². The average Bonchev–Trinajstić information content (AvgIpc) is 3.19. The summed E-state index contributed by atoms with van der Waals surface area (Å²) in [6, 6.07) is 2.43. The van der Waals surface area contributed by atoms with Gasteiger partial charge in [-0.25, -0.2) is 18.1 Å². The quantitative estimate of drug-likeness (QED) is 0.594. The molecule has 2 aliphatic rings. The second kappa shape index (κ2) is 6.78. The minimum absolute atomic E-state index is 0.00716. The van der Waals surface area contributed by atoms with Crippen LogP contribution < -0.4 is 5.41 Å². The number of imide groups is 1. The molecule has 1 atom stereocenters. The van der Waals surface area contributed by atoms with Crippen LogP contribution in [-0.4, -0.2) is 96.6 Å². The van der Waals surface area contributed by atoms with E-state index in [-0.39, 0.29) is 43.7 Å². The van der Waals surface area contributed by atoms with Gasteiger partial charge in [-0.2, -0.15) is 9.21 Å². The van der Waals surface area contributed by atoms with E-state index < -0.39 is 27.2 Å². The summed E-state index contributed by atoms with van der Waals surface area (Å²) < 4.78 is 32.2. The molecule has 12 heteroatoms. The van der Waals surface area contributed by atoms with Crippen LogP contribution in [0.1, 0.15) is 10.6 Å². The van der Waals surface area contributed by atoms with Gasteiger partial charge < -0.3 is 9.32 Å². The number of piperazine rings is 1. The van der Waals surface area contributed by atoms with E-state index in [2.05, 4.69) is 0 Å². The zero-order chi connectivity index (χ0) is 19.9. The van der Waals surface area contributed by atoms with E-state index in [4.69, 9.17) is 9.83 Å². The number of furan rings is 1. The molecule has 2 aliphatic heterocycles. The smallest absolute Gasteiger partial charge is 0.417 e. The number of nitrogens with two attached hydrogens (primary N) is 1. The number of carbonyl (C=O) groups excluding carboxylic acids is 3. The Balaban J connectivity index is 1.75. The molecular formula is C15H20N5O6S+. The molecule has 11 nitrogen and oxygen atoms in total. The largest absolute Gasteiger partial charge is 0.459 e. The lowest BCUT2D eigenvalue weighted by molar-refractivity contribution is -0.140. The minimum atomic E-state index is -4.15. The summed E-state index contributed by atoms with van der Waals surface area (Å²) in [6.07, 6.45) is 1.38. The first-order valence-electron chi connectivity index (χ1n) is 8.15. The topological polar surface area (TPSA) is 137 Å². The molecule has 1 unspecified atom stereocenters. The molecule has 0 bridgehead atoms. The van der Waals surface area contributed by atoms with Crippen LogP contribution in [0.25, 0.3) is 0 Å². The number of urea groups is 1. The number of sulfonamides is 1. The molecule has 4 amide bonds. The fraction of sp³-hybridized carbons (Fsp3) is 0.467. The van der Waals surface area contributed by atoms with Crippen molar-refractivity contribution in [2.75, 3.05) is 40.3 Å². The predicted octanol–water partition coefficient (Wildman–Crippen LogP) is -2.58. The molecule has 0 aromatic carbocycles. The lowest BCUT2D eigenvalue weighted by atomic mass is 10.2. The predicted molar refractivity (Wildman–Crippen MR) is 91.8 cm³/mol. The van der Waals surface area contributed by atoms with Crippen molar-refractivity contribution in [1.82, 2.24) is 19.0 Å². The molecule has 0 saturated carbocycles. The summed E-state index contributed by atoms with van der Waals surface area (Å²) in [4.78, 5) is 39.7. The number of rotatable bonds is 3. The van der Waals surface area contributed by atoms with Gasteiger partial charge in [0.2, 0.25) is 10.0 Å². The van der Waals surface area contributed by atoms with Crippen LogP contribution in [0.3, 0.4) is 0 Å². The van der Waals surface area contributed by atoms with Crippen molar-refractivity contribution in [1.29, 1.82) is 0 Å². The van der Waals surface area contributed by atoms with Crippen LogP contribution in [0.4, 0.5) is 4.79 Å². The maximum atomic E-state index is 13.0. The van der Waals surface area contributed by atoms with Gasteiger partial charge >= 0.3 is 6.03 Å². The summed E-state index contributed by atoms with van der Waals surface area (Å²) in [7, 11) is -1.64. The monoisotopic (exact) mass is 398 g/mol. The zero-order valence-corrected chi connectivity index (χ0v) is 15.7. The van der Waals surface area contributed by atoms with Gasteiger partial charge in [-0.1, -0.05) is 0 Å².